The normalized spacial score (nSPS) is 11.7. The average molecular weight is 384 g/mol. The fourth-order valence-corrected chi connectivity index (χ4v) is 2.68. The Morgan fingerprint density at radius 1 is 1.04 bits per heavy atom. The van der Waals surface area contributed by atoms with Crippen LogP contribution in [0.5, 0.6) is 0 Å². The summed E-state index contributed by atoms with van der Waals surface area (Å²) in [6.07, 6.45) is 0.484. The zero-order valence-electron chi connectivity index (χ0n) is 16.0. The molecule has 0 aromatic heterocycles. The Hall–Kier alpha value is -3.22. The highest BCUT2D eigenvalue weighted by molar-refractivity contribution is 5.85. The number of ether oxygens (including phenoxy) is 1. The van der Waals surface area contributed by atoms with Gasteiger partial charge in [-0.2, -0.15) is 0 Å². The van der Waals surface area contributed by atoms with Crippen LogP contribution in [0.3, 0.4) is 0 Å². The molecule has 1 N–H and O–H groups in total. The van der Waals surface area contributed by atoms with Gasteiger partial charge >= 0.3 is 5.97 Å². The molecule has 7 heteroatoms. The van der Waals surface area contributed by atoms with E-state index in [1.807, 2.05) is 44.2 Å². The van der Waals surface area contributed by atoms with Gasteiger partial charge in [-0.3, -0.25) is 14.9 Å². The topological polar surface area (TPSA) is 98.5 Å². The molecular weight excluding hydrogens is 360 g/mol. The summed E-state index contributed by atoms with van der Waals surface area (Å²) in [7, 11) is 0. The van der Waals surface area contributed by atoms with E-state index in [0.717, 1.165) is 5.56 Å². The molecular formula is C21H24N2O5. The van der Waals surface area contributed by atoms with Gasteiger partial charge in [0.05, 0.1) is 11.3 Å². The number of carbonyl (C=O) groups excluding carboxylic acids is 2. The molecule has 0 aliphatic rings. The number of nitro benzene ring substituents is 1. The molecule has 0 radical (unpaired) electrons. The molecule has 0 heterocycles. The average Bonchev–Trinajstić information content (AvgIpc) is 2.66. The number of hydrogen-bond donors (Lipinski definition) is 1. The van der Waals surface area contributed by atoms with Gasteiger partial charge in [0.2, 0.25) is 5.91 Å². The lowest BCUT2D eigenvalue weighted by molar-refractivity contribution is -0.384. The van der Waals surface area contributed by atoms with Crippen LogP contribution >= 0.6 is 0 Å². The minimum Gasteiger partial charge on any atom is -0.459 e. The van der Waals surface area contributed by atoms with E-state index in [4.69, 9.17) is 4.74 Å². The van der Waals surface area contributed by atoms with Crippen LogP contribution < -0.4 is 5.32 Å². The second-order valence-electron chi connectivity index (χ2n) is 6.94. The van der Waals surface area contributed by atoms with Gasteiger partial charge in [-0.1, -0.05) is 56.3 Å². The van der Waals surface area contributed by atoms with Crippen molar-refractivity contribution in [1.82, 2.24) is 5.32 Å². The summed E-state index contributed by atoms with van der Waals surface area (Å²) >= 11 is 0. The Morgan fingerprint density at radius 2 is 1.68 bits per heavy atom. The van der Waals surface area contributed by atoms with Crippen molar-refractivity contribution in [2.24, 2.45) is 5.92 Å². The fourth-order valence-electron chi connectivity index (χ4n) is 2.68. The molecule has 0 spiro atoms. The largest absolute Gasteiger partial charge is 0.459 e. The summed E-state index contributed by atoms with van der Waals surface area (Å²) in [5.74, 6) is -0.625. The molecule has 0 fully saturated rings. The van der Waals surface area contributed by atoms with Crippen molar-refractivity contribution in [3.05, 3.63) is 75.8 Å². The molecule has 2 aromatic carbocycles. The number of hydrogen-bond acceptors (Lipinski definition) is 5. The van der Waals surface area contributed by atoms with E-state index in [1.54, 1.807) is 0 Å². The van der Waals surface area contributed by atoms with Crippen molar-refractivity contribution in [1.29, 1.82) is 0 Å². The van der Waals surface area contributed by atoms with E-state index in [9.17, 15) is 19.7 Å². The van der Waals surface area contributed by atoms with Crippen LogP contribution in [-0.2, 0) is 27.4 Å². The van der Waals surface area contributed by atoms with Gasteiger partial charge in [0, 0.05) is 12.1 Å². The Labute approximate surface area is 163 Å². The van der Waals surface area contributed by atoms with Gasteiger partial charge in [0.15, 0.2) is 0 Å². The third-order valence-electron chi connectivity index (χ3n) is 4.06. The number of amides is 1. The third kappa shape index (κ3) is 6.83. The highest BCUT2D eigenvalue weighted by atomic mass is 16.6. The number of nitro groups is 1. The van der Waals surface area contributed by atoms with Crippen LogP contribution in [0, 0.1) is 16.0 Å². The van der Waals surface area contributed by atoms with Gasteiger partial charge < -0.3 is 10.1 Å². The van der Waals surface area contributed by atoms with Crippen LogP contribution in [0.15, 0.2) is 54.6 Å². The first-order chi connectivity index (χ1) is 13.3. The molecule has 0 bridgehead atoms. The number of rotatable bonds is 9. The summed E-state index contributed by atoms with van der Waals surface area (Å²) in [4.78, 5) is 35.0. The first-order valence-electron chi connectivity index (χ1n) is 9.08. The van der Waals surface area contributed by atoms with E-state index < -0.39 is 16.9 Å². The molecule has 1 amide bonds. The second-order valence-corrected chi connectivity index (χ2v) is 6.94. The number of nitrogens with one attached hydrogen (secondary N) is 1. The molecule has 0 saturated carbocycles. The quantitative estimate of drug-likeness (QED) is 0.406. The molecule has 148 valence electrons. The maximum Gasteiger partial charge on any atom is 0.328 e. The van der Waals surface area contributed by atoms with Crippen molar-refractivity contribution in [2.75, 3.05) is 0 Å². The molecule has 28 heavy (non-hydrogen) atoms. The maximum atomic E-state index is 12.4. The van der Waals surface area contributed by atoms with E-state index in [2.05, 4.69) is 5.32 Å². The first kappa shape index (κ1) is 21.1. The Balaban J connectivity index is 1.94. The van der Waals surface area contributed by atoms with E-state index in [1.165, 1.54) is 24.3 Å². The standard InChI is InChI=1S/C21H24N2O5/c1-15(2)12-19(21(25)28-14-17-6-4-3-5-7-17)22-20(24)13-16-8-10-18(11-9-16)23(26)27/h3-11,15,19H,12-14H2,1-2H3,(H,22,24)/t19-/m0/s1. The molecule has 0 aliphatic heterocycles. The molecule has 0 unspecified atom stereocenters. The highest BCUT2D eigenvalue weighted by Gasteiger charge is 2.23. The Morgan fingerprint density at radius 3 is 2.25 bits per heavy atom. The van der Waals surface area contributed by atoms with Crippen molar-refractivity contribution in [3.63, 3.8) is 0 Å². The molecule has 1 atom stereocenters. The Bertz CT molecular complexity index is 803. The minimum atomic E-state index is -0.741. The molecule has 2 rings (SSSR count). The monoisotopic (exact) mass is 384 g/mol. The minimum absolute atomic E-state index is 0.0263. The zero-order chi connectivity index (χ0) is 20.5. The first-order valence-corrected chi connectivity index (χ1v) is 9.08. The van der Waals surface area contributed by atoms with Crippen LogP contribution in [0.2, 0.25) is 0 Å². The van der Waals surface area contributed by atoms with Gasteiger partial charge in [0.25, 0.3) is 5.69 Å². The van der Waals surface area contributed by atoms with Gasteiger partial charge in [-0.15, -0.1) is 0 Å². The smallest absolute Gasteiger partial charge is 0.328 e. The fraction of sp³-hybridized carbons (Fsp3) is 0.333. The number of benzene rings is 2. The lowest BCUT2D eigenvalue weighted by Gasteiger charge is -2.19. The van der Waals surface area contributed by atoms with Crippen molar-refractivity contribution >= 4 is 17.6 Å². The van der Waals surface area contributed by atoms with Crippen molar-refractivity contribution in [3.8, 4) is 0 Å². The lowest BCUT2D eigenvalue weighted by Crippen LogP contribution is -2.43. The van der Waals surface area contributed by atoms with Gasteiger partial charge in [0.1, 0.15) is 12.6 Å². The van der Waals surface area contributed by atoms with Crippen LogP contribution in [0.25, 0.3) is 0 Å². The third-order valence-corrected chi connectivity index (χ3v) is 4.06. The number of esters is 1. The number of non-ortho nitro benzene ring substituents is 1. The second kappa shape index (κ2) is 10.2. The summed E-state index contributed by atoms with van der Waals surface area (Å²) in [5, 5.41) is 13.4. The Kier molecular flexibility index (Phi) is 7.68. The van der Waals surface area contributed by atoms with E-state index in [-0.39, 0.29) is 30.5 Å². The van der Waals surface area contributed by atoms with Crippen LogP contribution in [-0.4, -0.2) is 22.8 Å². The predicted octanol–water partition coefficient (Wildman–Crippen LogP) is 3.41. The molecule has 0 aliphatic carbocycles. The number of nitrogens with zero attached hydrogens (tertiary/aromatic N) is 1. The molecule has 7 nitrogen and oxygen atoms in total. The predicted molar refractivity (Wildman–Crippen MR) is 104 cm³/mol. The summed E-state index contributed by atoms with van der Waals surface area (Å²) in [6, 6.07) is 14.3. The van der Waals surface area contributed by atoms with Gasteiger partial charge in [-0.25, -0.2) is 4.79 Å². The van der Waals surface area contributed by atoms with Crippen molar-refractivity contribution in [2.45, 2.75) is 39.3 Å². The highest BCUT2D eigenvalue weighted by Crippen LogP contribution is 2.13. The lowest BCUT2D eigenvalue weighted by atomic mass is 10.0. The SMILES string of the molecule is CC(C)C[C@H](NC(=O)Cc1ccc([N+](=O)[O-])cc1)C(=O)OCc1ccccc1. The van der Waals surface area contributed by atoms with E-state index in [0.29, 0.717) is 12.0 Å². The van der Waals surface area contributed by atoms with E-state index >= 15 is 0 Å². The zero-order valence-corrected chi connectivity index (χ0v) is 16.0. The summed E-state index contributed by atoms with van der Waals surface area (Å²) in [6.45, 7) is 4.06. The van der Waals surface area contributed by atoms with Crippen LogP contribution in [0.1, 0.15) is 31.4 Å². The summed E-state index contributed by atoms with van der Waals surface area (Å²) in [5.41, 5.74) is 1.46. The van der Waals surface area contributed by atoms with Crippen molar-refractivity contribution < 1.29 is 19.2 Å². The number of carbonyl (C=O) groups is 2. The molecule has 0 saturated heterocycles. The van der Waals surface area contributed by atoms with Gasteiger partial charge in [-0.05, 0) is 23.5 Å². The summed E-state index contributed by atoms with van der Waals surface area (Å²) < 4.78 is 5.36. The molecule has 2 aromatic rings. The van der Waals surface area contributed by atoms with Crippen LogP contribution in [0.4, 0.5) is 5.69 Å². The maximum absolute atomic E-state index is 12.4.